The molecule has 0 aliphatic heterocycles. The number of hydrogen-bond acceptors (Lipinski definition) is 4. The Morgan fingerprint density at radius 1 is 1.50 bits per heavy atom. The smallest absolute Gasteiger partial charge is 0.0859 e. The monoisotopic (exact) mass is 174 g/mol. The fraction of sp³-hybridized carbons (Fsp3) is 1.00. The van der Waals surface area contributed by atoms with Gasteiger partial charge in [-0.15, -0.1) is 23.3 Å². The van der Waals surface area contributed by atoms with Gasteiger partial charge >= 0.3 is 0 Å². The maximum absolute atomic E-state index is 8.70. The molecule has 0 aromatic rings. The lowest BCUT2D eigenvalue weighted by atomic mass is 10.4. The summed E-state index contributed by atoms with van der Waals surface area (Å²) in [4.78, 5) is 0. The van der Waals surface area contributed by atoms with Crippen molar-refractivity contribution in [3.8, 4) is 0 Å². The molecule has 0 radical (unpaired) electrons. The molecule has 8 heavy (non-hydrogen) atoms. The lowest BCUT2D eigenvalue weighted by Gasteiger charge is -2.10. The van der Waals surface area contributed by atoms with E-state index in [9.17, 15) is 0 Å². The molecule has 0 aromatic carbocycles. The van der Waals surface area contributed by atoms with E-state index in [0.29, 0.717) is 5.75 Å². The average molecular weight is 174 g/mol. The molecule has 0 fully saturated rings. The molecule has 0 saturated carbocycles. The molecule has 0 bridgehead atoms. The van der Waals surface area contributed by atoms with E-state index >= 15 is 0 Å². The SMILES string of the molecule is OCC(O)C[SH](S)S. The van der Waals surface area contributed by atoms with Crippen LogP contribution in [0.3, 0.4) is 0 Å². The van der Waals surface area contributed by atoms with Gasteiger partial charge in [0.25, 0.3) is 0 Å². The van der Waals surface area contributed by atoms with Crippen LogP contribution in [0, 0.1) is 0 Å². The highest BCUT2D eigenvalue weighted by Crippen LogP contribution is 2.34. The number of aliphatic hydroxyl groups is 2. The lowest BCUT2D eigenvalue weighted by molar-refractivity contribution is 0.114. The fourth-order valence-electron chi connectivity index (χ4n) is 0.246. The molecule has 0 aliphatic rings. The van der Waals surface area contributed by atoms with Crippen LogP contribution in [0.2, 0.25) is 0 Å². The third kappa shape index (κ3) is 5.11. The number of aliphatic hydroxyl groups excluding tert-OH is 2. The van der Waals surface area contributed by atoms with E-state index in [1.54, 1.807) is 0 Å². The van der Waals surface area contributed by atoms with Crippen LogP contribution >= 0.6 is 32.3 Å². The molecular weight excluding hydrogens is 164 g/mol. The first-order valence-corrected chi connectivity index (χ1v) is 5.94. The molecule has 1 unspecified atom stereocenters. The topological polar surface area (TPSA) is 40.5 Å². The number of thiol groups is 3. The minimum Gasteiger partial charge on any atom is -0.394 e. The Morgan fingerprint density at radius 2 is 2.00 bits per heavy atom. The fourth-order valence-corrected chi connectivity index (χ4v) is 1.87. The third-order valence-electron chi connectivity index (χ3n) is 0.585. The molecule has 0 amide bonds. The van der Waals surface area contributed by atoms with E-state index in [4.69, 9.17) is 10.2 Å². The summed E-state index contributed by atoms with van der Waals surface area (Å²) in [5.41, 5.74) is 0. The van der Waals surface area contributed by atoms with Crippen LogP contribution in [0.1, 0.15) is 0 Å². The van der Waals surface area contributed by atoms with Gasteiger partial charge < -0.3 is 10.2 Å². The second-order valence-corrected chi connectivity index (χ2v) is 6.34. The normalized spacial score (nSPS) is 15.8. The van der Waals surface area contributed by atoms with E-state index in [2.05, 4.69) is 23.3 Å². The van der Waals surface area contributed by atoms with E-state index < -0.39 is 15.1 Å². The van der Waals surface area contributed by atoms with Gasteiger partial charge in [0.15, 0.2) is 0 Å². The minimum atomic E-state index is -0.667. The summed E-state index contributed by atoms with van der Waals surface area (Å²) in [7, 11) is -0.667. The van der Waals surface area contributed by atoms with E-state index in [0.717, 1.165) is 0 Å². The average Bonchev–Trinajstić information content (AvgIpc) is 1.65. The van der Waals surface area contributed by atoms with E-state index in [-0.39, 0.29) is 6.61 Å². The molecular formula is C3H10O2S3. The molecule has 0 aliphatic carbocycles. The van der Waals surface area contributed by atoms with E-state index in [1.807, 2.05) is 0 Å². The quantitative estimate of drug-likeness (QED) is 0.309. The van der Waals surface area contributed by atoms with E-state index in [1.165, 1.54) is 0 Å². The van der Waals surface area contributed by atoms with Crippen molar-refractivity contribution in [2.24, 2.45) is 0 Å². The van der Waals surface area contributed by atoms with Crippen molar-refractivity contribution in [3.05, 3.63) is 0 Å². The molecule has 0 spiro atoms. The number of rotatable bonds is 3. The third-order valence-corrected chi connectivity index (χ3v) is 2.31. The van der Waals surface area contributed by atoms with Crippen LogP contribution < -0.4 is 0 Å². The Balaban J connectivity index is 3.10. The van der Waals surface area contributed by atoms with Gasteiger partial charge in [0.2, 0.25) is 0 Å². The summed E-state index contributed by atoms with van der Waals surface area (Å²) in [5.74, 6) is 0.484. The first-order chi connectivity index (χ1) is 3.66. The summed E-state index contributed by atoms with van der Waals surface area (Å²) >= 11 is 7.90. The maximum Gasteiger partial charge on any atom is 0.0859 e. The van der Waals surface area contributed by atoms with Gasteiger partial charge in [0, 0.05) is 5.75 Å². The zero-order chi connectivity index (χ0) is 6.57. The van der Waals surface area contributed by atoms with Crippen molar-refractivity contribution >= 4 is 32.3 Å². The molecule has 5 heteroatoms. The van der Waals surface area contributed by atoms with Gasteiger partial charge in [-0.1, -0.05) is 0 Å². The van der Waals surface area contributed by atoms with Crippen LogP contribution in [0.5, 0.6) is 0 Å². The Labute approximate surface area is 61.3 Å². The van der Waals surface area contributed by atoms with Crippen LogP contribution in [-0.2, 0) is 0 Å². The van der Waals surface area contributed by atoms with Crippen molar-refractivity contribution in [1.29, 1.82) is 0 Å². The van der Waals surface area contributed by atoms with Gasteiger partial charge in [-0.3, -0.25) is 0 Å². The Kier molecular flexibility index (Phi) is 5.40. The van der Waals surface area contributed by atoms with Crippen molar-refractivity contribution in [3.63, 3.8) is 0 Å². The minimum absolute atomic E-state index is 0.194. The Hall–Kier alpha value is 0.970. The molecule has 0 heterocycles. The molecule has 52 valence electrons. The summed E-state index contributed by atoms with van der Waals surface area (Å²) in [6.45, 7) is -0.194. The molecule has 0 rings (SSSR count). The second kappa shape index (κ2) is 4.81. The lowest BCUT2D eigenvalue weighted by Crippen LogP contribution is -2.14. The van der Waals surface area contributed by atoms with Gasteiger partial charge in [0.05, 0.1) is 12.7 Å². The molecule has 1 atom stereocenters. The highest BCUT2D eigenvalue weighted by Gasteiger charge is 2.01. The standard InChI is InChI=1S/C3H10O2S3/c4-1-3(5)2-8(6)7/h3-8H,1-2H2. The summed E-state index contributed by atoms with van der Waals surface area (Å²) in [6, 6.07) is 0. The van der Waals surface area contributed by atoms with Gasteiger partial charge in [0.1, 0.15) is 0 Å². The first-order valence-electron chi connectivity index (χ1n) is 2.11. The zero-order valence-electron chi connectivity index (χ0n) is 4.23. The Morgan fingerprint density at radius 3 is 2.12 bits per heavy atom. The number of hydrogen-bond donors (Lipinski definition) is 5. The van der Waals surface area contributed by atoms with Gasteiger partial charge in [-0.2, -0.15) is 8.96 Å². The molecule has 2 N–H and O–H groups in total. The van der Waals surface area contributed by atoms with Crippen molar-refractivity contribution < 1.29 is 10.2 Å². The van der Waals surface area contributed by atoms with Crippen LogP contribution in [-0.4, -0.2) is 28.7 Å². The zero-order valence-corrected chi connectivity index (χ0v) is 6.91. The first kappa shape index (κ1) is 8.97. The van der Waals surface area contributed by atoms with Crippen molar-refractivity contribution in [2.45, 2.75) is 6.10 Å². The highest BCUT2D eigenvalue weighted by atomic mass is 33.5. The highest BCUT2D eigenvalue weighted by molar-refractivity contribution is 9.09. The van der Waals surface area contributed by atoms with Crippen molar-refractivity contribution in [2.75, 3.05) is 12.4 Å². The van der Waals surface area contributed by atoms with Crippen LogP contribution in [0.4, 0.5) is 0 Å². The largest absolute Gasteiger partial charge is 0.394 e. The summed E-state index contributed by atoms with van der Waals surface area (Å²) in [6.07, 6.45) is -0.642. The summed E-state index contributed by atoms with van der Waals surface area (Å²) in [5, 5.41) is 17.0. The maximum atomic E-state index is 8.70. The molecule has 2 nitrogen and oxygen atoms in total. The van der Waals surface area contributed by atoms with Gasteiger partial charge in [-0.25, -0.2) is 0 Å². The molecule has 0 saturated heterocycles. The summed E-state index contributed by atoms with van der Waals surface area (Å²) < 4.78 is 0. The second-order valence-electron chi connectivity index (χ2n) is 1.39. The molecule has 0 aromatic heterocycles. The Bertz CT molecular complexity index is 58.5. The predicted octanol–water partition coefficient (Wildman–Crippen LogP) is 0.0304. The van der Waals surface area contributed by atoms with Crippen LogP contribution in [0.15, 0.2) is 0 Å². The predicted molar refractivity (Wildman–Crippen MR) is 44.9 cm³/mol. The van der Waals surface area contributed by atoms with Crippen LogP contribution in [0.25, 0.3) is 0 Å². The van der Waals surface area contributed by atoms with Gasteiger partial charge in [-0.05, 0) is 0 Å². The van der Waals surface area contributed by atoms with Crippen molar-refractivity contribution in [1.82, 2.24) is 0 Å².